The Hall–Kier alpha value is -0.950. The van der Waals surface area contributed by atoms with Gasteiger partial charge in [-0.2, -0.15) is 12.6 Å². The van der Waals surface area contributed by atoms with Crippen LogP contribution in [0.2, 0.25) is 0 Å². The molecule has 2 saturated heterocycles. The van der Waals surface area contributed by atoms with Gasteiger partial charge in [0.2, 0.25) is 5.91 Å². The van der Waals surface area contributed by atoms with Gasteiger partial charge in [0.15, 0.2) is 0 Å². The Labute approximate surface area is 124 Å². The van der Waals surface area contributed by atoms with E-state index < -0.39 is 17.3 Å². The molecule has 1 unspecified atom stereocenters. The molecule has 114 valence electrons. The molecule has 1 atom stereocenters. The van der Waals surface area contributed by atoms with E-state index in [1.54, 1.807) is 25.7 Å². The van der Waals surface area contributed by atoms with Gasteiger partial charge in [-0.05, 0) is 20.8 Å². The van der Waals surface area contributed by atoms with Crippen LogP contribution in [-0.2, 0) is 9.53 Å². The summed E-state index contributed by atoms with van der Waals surface area (Å²) in [6, 6.07) is 0. The molecule has 0 aromatic heterocycles. The number of thiol groups is 1. The number of rotatable bonds is 2. The minimum Gasteiger partial charge on any atom is -0.444 e. The van der Waals surface area contributed by atoms with Crippen molar-refractivity contribution < 1.29 is 19.4 Å². The highest BCUT2D eigenvalue weighted by molar-refractivity contribution is 7.81. The third kappa shape index (κ3) is 3.58. The van der Waals surface area contributed by atoms with Crippen molar-refractivity contribution in [3.8, 4) is 0 Å². The lowest BCUT2D eigenvalue weighted by Gasteiger charge is -2.47. The van der Waals surface area contributed by atoms with Gasteiger partial charge in [-0.1, -0.05) is 0 Å². The summed E-state index contributed by atoms with van der Waals surface area (Å²) in [6.07, 6.45) is -0.0170. The topological polar surface area (TPSA) is 70.1 Å². The van der Waals surface area contributed by atoms with Gasteiger partial charge in [-0.25, -0.2) is 4.79 Å². The van der Waals surface area contributed by atoms with Crippen molar-refractivity contribution in [3.05, 3.63) is 0 Å². The molecule has 7 heteroatoms. The molecule has 2 heterocycles. The van der Waals surface area contributed by atoms with E-state index >= 15 is 0 Å². The lowest BCUT2D eigenvalue weighted by atomic mass is 9.94. The number of amides is 2. The zero-order valence-electron chi connectivity index (χ0n) is 12.1. The molecule has 0 aromatic carbocycles. The molecule has 0 aromatic rings. The van der Waals surface area contributed by atoms with E-state index in [0.717, 1.165) is 0 Å². The average Bonchev–Trinajstić information content (AvgIpc) is 2.51. The molecule has 0 aliphatic carbocycles. The number of likely N-dealkylation sites (tertiary alicyclic amines) is 2. The Bertz CT molecular complexity index is 415. The second kappa shape index (κ2) is 5.11. The molecule has 0 radical (unpaired) electrons. The first kappa shape index (κ1) is 15.4. The van der Waals surface area contributed by atoms with E-state index in [2.05, 4.69) is 12.6 Å². The molecule has 0 saturated carbocycles. The zero-order valence-corrected chi connectivity index (χ0v) is 13.0. The average molecular weight is 302 g/mol. The van der Waals surface area contributed by atoms with Crippen LogP contribution in [0.1, 0.15) is 27.2 Å². The molecule has 2 rings (SSSR count). The van der Waals surface area contributed by atoms with Gasteiger partial charge in [-0.15, -0.1) is 0 Å². The van der Waals surface area contributed by atoms with Gasteiger partial charge in [-0.3, -0.25) is 4.79 Å². The van der Waals surface area contributed by atoms with Crippen LogP contribution in [0.25, 0.3) is 0 Å². The third-order valence-electron chi connectivity index (χ3n) is 3.30. The minimum absolute atomic E-state index is 0.00847. The summed E-state index contributed by atoms with van der Waals surface area (Å²) in [5.74, 6) is 0.00847. The van der Waals surface area contributed by atoms with Crippen LogP contribution >= 0.6 is 12.6 Å². The van der Waals surface area contributed by atoms with Crippen molar-refractivity contribution >= 4 is 24.6 Å². The van der Waals surface area contributed by atoms with E-state index in [9.17, 15) is 14.7 Å². The fourth-order valence-electron chi connectivity index (χ4n) is 2.48. The van der Waals surface area contributed by atoms with Gasteiger partial charge in [0.25, 0.3) is 0 Å². The fraction of sp³-hybridized carbons (Fsp3) is 0.846. The van der Waals surface area contributed by atoms with Crippen molar-refractivity contribution in [2.45, 2.75) is 43.6 Å². The van der Waals surface area contributed by atoms with Crippen LogP contribution in [0.15, 0.2) is 0 Å². The summed E-state index contributed by atoms with van der Waals surface area (Å²) in [5.41, 5.74) is -1.57. The summed E-state index contributed by atoms with van der Waals surface area (Å²) < 4.78 is 5.23. The second-order valence-electron chi connectivity index (χ2n) is 6.69. The fourth-order valence-corrected chi connectivity index (χ4v) is 2.83. The number of hydrogen-bond donors (Lipinski definition) is 2. The molecule has 0 bridgehead atoms. The van der Waals surface area contributed by atoms with E-state index in [1.165, 1.54) is 4.90 Å². The number of carbonyl (C=O) groups excluding carboxylic acids is 2. The highest BCUT2D eigenvalue weighted by Gasteiger charge is 2.47. The predicted octanol–water partition coefficient (Wildman–Crippen LogP) is 0.499. The molecular weight excluding hydrogens is 280 g/mol. The van der Waals surface area contributed by atoms with Crippen LogP contribution in [0.4, 0.5) is 4.79 Å². The predicted molar refractivity (Wildman–Crippen MR) is 76.7 cm³/mol. The normalized spacial score (nSPS) is 25.6. The first-order chi connectivity index (χ1) is 9.08. The maximum atomic E-state index is 11.8. The molecule has 2 fully saturated rings. The summed E-state index contributed by atoms with van der Waals surface area (Å²) in [6.45, 7) is 6.59. The number of carbonyl (C=O) groups is 2. The Kier molecular flexibility index (Phi) is 3.94. The lowest BCUT2D eigenvalue weighted by molar-refractivity contribution is -0.139. The summed E-state index contributed by atoms with van der Waals surface area (Å²) in [7, 11) is 0. The number of aliphatic hydroxyl groups is 1. The highest BCUT2D eigenvalue weighted by Crippen LogP contribution is 2.27. The zero-order chi connectivity index (χ0) is 15.1. The standard InChI is InChI=1S/C13H22N2O4S/c1-12(2,3)19-11(17)15-7-13(18,8-15)6-14-5-9(20)4-10(14)16/h9,18,20H,4-8H2,1-3H3. The quantitative estimate of drug-likeness (QED) is 0.729. The van der Waals surface area contributed by atoms with Crippen molar-refractivity contribution in [3.63, 3.8) is 0 Å². The Morgan fingerprint density at radius 3 is 2.55 bits per heavy atom. The smallest absolute Gasteiger partial charge is 0.410 e. The lowest BCUT2D eigenvalue weighted by Crippen LogP contribution is -2.68. The van der Waals surface area contributed by atoms with E-state index in [0.29, 0.717) is 13.0 Å². The van der Waals surface area contributed by atoms with E-state index in [1.807, 2.05) is 0 Å². The first-order valence-corrected chi connectivity index (χ1v) is 7.26. The van der Waals surface area contributed by atoms with Crippen molar-refractivity contribution in [1.82, 2.24) is 9.80 Å². The number of hydrogen-bond acceptors (Lipinski definition) is 5. The molecule has 2 amide bonds. The van der Waals surface area contributed by atoms with Gasteiger partial charge in [0.05, 0.1) is 19.6 Å². The van der Waals surface area contributed by atoms with Crippen molar-refractivity contribution in [2.75, 3.05) is 26.2 Å². The highest BCUT2D eigenvalue weighted by atomic mass is 32.1. The largest absolute Gasteiger partial charge is 0.444 e. The third-order valence-corrected chi connectivity index (χ3v) is 3.65. The minimum atomic E-state index is -1.02. The molecule has 6 nitrogen and oxygen atoms in total. The Balaban J connectivity index is 1.82. The maximum Gasteiger partial charge on any atom is 0.410 e. The van der Waals surface area contributed by atoms with E-state index in [4.69, 9.17) is 4.74 Å². The summed E-state index contributed by atoms with van der Waals surface area (Å²) in [5, 5.41) is 10.4. The first-order valence-electron chi connectivity index (χ1n) is 6.74. The number of nitrogens with zero attached hydrogens (tertiary/aromatic N) is 2. The van der Waals surface area contributed by atoms with Crippen LogP contribution in [0.5, 0.6) is 0 Å². The summed E-state index contributed by atoms with van der Waals surface area (Å²) >= 11 is 4.28. The Morgan fingerprint density at radius 2 is 2.10 bits per heavy atom. The summed E-state index contributed by atoms with van der Waals surface area (Å²) in [4.78, 5) is 26.5. The maximum absolute atomic E-state index is 11.8. The monoisotopic (exact) mass is 302 g/mol. The van der Waals surface area contributed by atoms with Crippen LogP contribution in [-0.4, -0.2) is 69.5 Å². The number of β-amino-alcohol motifs (C(OH)–C–C–N with tert-alkyl or cyclic N) is 1. The number of ether oxygens (including phenoxy) is 1. The van der Waals surface area contributed by atoms with Crippen LogP contribution in [0.3, 0.4) is 0 Å². The molecule has 20 heavy (non-hydrogen) atoms. The van der Waals surface area contributed by atoms with Gasteiger partial charge in [0, 0.05) is 18.2 Å². The second-order valence-corrected chi connectivity index (χ2v) is 7.42. The van der Waals surface area contributed by atoms with Crippen LogP contribution < -0.4 is 0 Å². The SMILES string of the molecule is CC(C)(C)OC(=O)N1CC(O)(CN2CC(S)CC2=O)C1. The van der Waals surface area contributed by atoms with Gasteiger partial charge >= 0.3 is 6.09 Å². The molecule has 0 spiro atoms. The van der Waals surface area contributed by atoms with Gasteiger partial charge < -0.3 is 19.6 Å². The van der Waals surface area contributed by atoms with E-state index in [-0.39, 0.29) is 30.8 Å². The van der Waals surface area contributed by atoms with Gasteiger partial charge in [0.1, 0.15) is 11.2 Å². The van der Waals surface area contributed by atoms with Crippen LogP contribution in [0, 0.1) is 0 Å². The molecule has 2 aliphatic heterocycles. The molecule has 2 aliphatic rings. The van der Waals surface area contributed by atoms with Crippen molar-refractivity contribution in [2.24, 2.45) is 0 Å². The molecule has 1 N–H and O–H groups in total. The van der Waals surface area contributed by atoms with Crippen molar-refractivity contribution in [1.29, 1.82) is 0 Å². The Morgan fingerprint density at radius 1 is 1.50 bits per heavy atom. The molecular formula is C13H22N2O4S.